The van der Waals surface area contributed by atoms with Crippen LogP contribution in [0.5, 0.6) is 5.75 Å². The predicted octanol–water partition coefficient (Wildman–Crippen LogP) is 7.90. The van der Waals surface area contributed by atoms with Crippen molar-refractivity contribution in [2.75, 3.05) is 34.0 Å². The van der Waals surface area contributed by atoms with Crippen LogP contribution in [0, 0.1) is 11.3 Å². The minimum atomic E-state index is -4.56. The highest BCUT2D eigenvalue weighted by molar-refractivity contribution is 7.85. The van der Waals surface area contributed by atoms with Crippen LogP contribution in [0.15, 0.2) is 102 Å². The zero-order valence-corrected chi connectivity index (χ0v) is 29.3. The third kappa shape index (κ3) is 12.8. The van der Waals surface area contributed by atoms with Crippen LogP contribution in [0.1, 0.15) is 34.8 Å². The number of aromatic hydroxyl groups is 1. The molecule has 5 aromatic rings. The number of hydrogen-bond acceptors (Lipinski definition) is 9. The van der Waals surface area contributed by atoms with Gasteiger partial charge in [-0.1, -0.05) is 24.3 Å². The van der Waals surface area contributed by atoms with E-state index in [0.717, 1.165) is 30.3 Å². The number of nitriles is 1. The van der Waals surface area contributed by atoms with E-state index in [1.807, 2.05) is 6.07 Å². The molecule has 0 spiro atoms. The summed E-state index contributed by atoms with van der Waals surface area (Å²) in [5.41, 5.74) is 8.98. The van der Waals surface area contributed by atoms with Crippen molar-refractivity contribution in [2.45, 2.75) is 30.6 Å². The zero-order chi connectivity index (χ0) is 41.1. The van der Waals surface area contributed by atoms with E-state index in [-0.39, 0.29) is 33.4 Å². The summed E-state index contributed by atoms with van der Waals surface area (Å²) in [6.07, 6.45) is -8.72. The summed E-state index contributed by atoms with van der Waals surface area (Å²) >= 11 is 0. The Morgan fingerprint density at radius 1 is 0.764 bits per heavy atom. The van der Waals surface area contributed by atoms with E-state index in [1.165, 1.54) is 25.1 Å². The van der Waals surface area contributed by atoms with Gasteiger partial charge in [-0.15, -0.1) is 0 Å². The molecule has 0 aliphatic heterocycles. The summed E-state index contributed by atoms with van der Waals surface area (Å²) in [6.45, 7) is 1.69. The van der Waals surface area contributed by atoms with Crippen molar-refractivity contribution in [3.63, 3.8) is 0 Å². The van der Waals surface area contributed by atoms with E-state index < -0.39 is 45.4 Å². The van der Waals surface area contributed by atoms with Gasteiger partial charge in [0, 0.05) is 58.9 Å². The number of benzene rings is 5. The van der Waals surface area contributed by atoms with Crippen LogP contribution in [0.2, 0.25) is 0 Å². The molecule has 19 heteroatoms. The van der Waals surface area contributed by atoms with Crippen molar-refractivity contribution in [1.29, 1.82) is 5.26 Å². The molecule has 0 heterocycles. The van der Waals surface area contributed by atoms with E-state index in [0.29, 0.717) is 35.0 Å². The Morgan fingerprint density at radius 3 is 1.78 bits per heavy atom. The van der Waals surface area contributed by atoms with Gasteiger partial charge in [-0.05, 0) is 72.1 Å². The van der Waals surface area contributed by atoms with Gasteiger partial charge in [0.05, 0.1) is 28.5 Å². The van der Waals surface area contributed by atoms with Crippen molar-refractivity contribution >= 4 is 61.1 Å². The minimum Gasteiger partial charge on any atom is -0.507 e. The Kier molecular flexibility index (Phi) is 14.0. The van der Waals surface area contributed by atoms with E-state index >= 15 is 0 Å². The highest BCUT2D eigenvalue weighted by Gasteiger charge is 2.34. The molecule has 12 nitrogen and oxygen atoms in total. The number of halogens is 6. The Bertz CT molecular complexity index is 2320. The Balaban J connectivity index is 0.000000224. The first-order chi connectivity index (χ1) is 25.6. The predicted molar refractivity (Wildman–Crippen MR) is 195 cm³/mol. The molecule has 0 aromatic heterocycles. The number of alkyl halides is 6. The number of hydrogen-bond donors (Lipinski definition) is 7. The number of amides is 2. The average Bonchev–Trinajstić information content (AvgIpc) is 3.09. The summed E-state index contributed by atoms with van der Waals surface area (Å²) in [5, 5.41) is 26.9. The fourth-order valence-corrected chi connectivity index (χ4v) is 5.12. The van der Waals surface area contributed by atoms with Crippen molar-refractivity contribution in [1.82, 2.24) is 0 Å². The number of nitrogen functional groups attached to an aromatic ring is 2. The monoisotopic (exact) mass is 790 g/mol. The fourth-order valence-electron chi connectivity index (χ4n) is 4.59. The van der Waals surface area contributed by atoms with Gasteiger partial charge in [0.15, 0.2) is 0 Å². The number of nitrogens with two attached hydrogens (primary N) is 2. The number of nitrogens with zero attached hydrogens (tertiary/aromatic N) is 1. The molecule has 0 atom stereocenters. The number of carbonyl (C=O) groups is 2. The number of carbonyl (C=O) groups excluding carboxylic acids is 2. The molecule has 0 aliphatic carbocycles. The second-order valence-electron chi connectivity index (χ2n) is 11.3. The molecule has 290 valence electrons. The maximum atomic E-state index is 12.7. The standard InChI is InChI=1S/C14H11F3N2O.C13H12N2O4S.C9H9F3N2O/c15-14(16,17)11-8-10(6-7-12(11)18)19-13(20)9-4-2-1-3-5-9;14-4-1-5-15-10-3-2-9-6-11(20(17,18)19)8-13(16)12(9)7-10;1-5(15)14-6-2-3-8(13)7(4-6)9(10,11)12/h1-8H,18H2,(H,19,20);2-3,6-8,15-16H,1,5H2,(H,17,18,19);2-4H,13H2,1H3,(H,14,15). The van der Waals surface area contributed by atoms with E-state index in [1.54, 1.807) is 48.5 Å². The Hall–Kier alpha value is -6.52. The van der Waals surface area contributed by atoms with Crippen LogP contribution in [0.25, 0.3) is 10.8 Å². The molecule has 2 amide bonds. The normalized spacial score (nSPS) is 11.2. The first-order valence-electron chi connectivity index (χ1n) is 15.5. The van der Waals surface area contributed by atoms with E-state index in [4.69, 9.17) is 21.3 Å². The second-order valence-corrected chi connectivity index (χ2v) is 12.7. The molecule has 0 aliphatic rings. The van der Waals surface area contributed by atoms with Gasteiger partial charge < -0.3 is 32.5 Å². The molecule has 0 unspecified atom stereocenters. The summed E-state index contributed by atoms with van der Waals surface area (Å²) in [7, 11) is -4.36. The first-order valence-corrected chi connectivity index (χ1v) is 17.0. The van der Waals surface area contributed by atoms with Crippen molar-refractivity contribution in [3.8, 4) is 11.8 Å². The third-order valence-corrected chi connectivity index (χ3v) is 7.93. The number of phenols is 1. The van der Waals surface area contributed by atoms with Gasteiger partial charge in [0.25, 0.3) is 16.0 Å². The summed E-state index contributed by atoms with van der Waals surface area (Å²) in [5.74, 6) is -1.16. The van der Waals surface area contributed by atoms with Gasteiger partial charge >= 0.3 is 12.4 Å². The minimum absolute atomic E-state index is 0.0420. The molecule has 0 saturated heterocycles. The molecule has 5 aromatic carbocycles. The van der Waals surface area contributed by atoms with Crippen molar-refractivity contribution in [3.05, 3.63) is 114 Å². The van der Waals surface area contributed by atoms with Crippen LogP contribution in [0.3, 0.4) is 0 Å². The summed E-state index contributed by atoms with van der Waals surface area (Å²) < 4.78 is 106. The first kappa shape index (κ1) is 42.9. The molecular weight excluding hydrogens is 758 g/mol. The number of phenolic OH excluding ortho intramolecular Hbond substituents is 1. The lowest BCUT2D eigenvalue weighted by Crippen LogP contribution is -2.14. The van der Waals surface area contributed by atoms with Crippen molar-refractivity contribution < 1.29 is 54.0 Å². The molecule has 5 rings (SSSR count). The quantitative estimate of drug-likeness (QED) is 0.0365. The molecule has 0 bridgehead atoms. The van der Waals surface area contributed by atoms with Gasteiger partial charge in [-0.3, -0.25) is 14.1 Å². The molecule has 0 radical (unpaired) electrons. The molecule has 55 heavy (non-hydrogen) atoms. The smallest absolute Gasteiger partial charge is 0.418 e. The molecular formula is C36H32F6N6O6S. The van der Waals surface area contributed by atoms with Crippen LogP contribution >= 0.6 is 0 Å². The van der Waals surface area contributed by atoms with Gasteiger partial charge in [-0.25, -0.2) is 0 Å². The molecule has 9 N–H and O–H groups in total. The number of nitrogens with one attached hydrogen (secondary N) is 3. The summed E-state index contributed by atoms with van der Waals surface area (Å²) in [6, 6.07) is 23.9. The highest BCUT2D eigenvalue weighted by atomic mass is 32.2. The van der Waals surface area contributed by atoms with Gasteiger partial charge in [0.1, 0.15) is 5.75 Å². The Morgan fingerprint density at radius 2 is 1.29 bits per heavy atom. The maximum Gasteiger partial charge on any atom is 0.418 e. The zero-order valence-electron chi connectivity index (χ0n) is 28.5. The SMILES string of the molecule is CC(=O)Nc1ccc(N)c(C(F)(F)F)c1.N#CCCNc1ccc2cc(S(=O)(=O)O)cc(O)c2c1.Nc1ccc(NC(=O)c2ccccc2)cc1C(F)(F)F. The number of rotatable bonds is 7. The van der Waals surface area contributed by atoms with Crippen LogP contribution in [-0.4, -0.2) is 36.4 Å². The Labute approximate surface area is 310 Å². The lowest BCUT2D eigenvalue weighted by atomic mass is 10.1. The number of anilines is 5. The fraction of sp³-hybridized carbons (Fsp3) is 0.139. The lowest BCUT2D eigenvalue weighted by molar-refractivity contribution is -0.137. The molecule has 0 saturated carbocycles. The van der Waals surface area contributed by atoms with Gasteiger partial charge in [-0.2, -0.15) is 40.0 Å². The van der Waals surface area contributed by atoms with Gasteiger partial charge in [0.2, 0.25) is 5.91 Å². The van der Waals surface area contributed by atoms with E-state index in [9.17, 15) is 49.5 Å². The molecule has 0 fully saturated rings. The largest absolute Gasteiger partial charge is 0.507 e. The van der Waals surface area contributed by atoms with Crippen LogP contribution in [-0.2, 0) is 27.3 Å². The van der Waals surface area contributed by atoms with E-state index in [2.05, 4.69) is 16.0 Å². The lowest BCUT2D eigenvalue weighted by Gasteiger charge is -2.12. The second kappa shape index (κ2) is 18.0. The maximum absolute atomic E-state index is 12.7. The van der Waals surface area contributed by atoms with Crippen molar-refractivity contribution in [2.24, 2.45) is 0 Å². The highest BCUT2D eigenvalue weighted by Crippen LogP contribution is 2.36. The van der Waals surface area contributed by atoms with Crippen LogP contribution in [0.4, 0.5) is 54.8 Å². The topological polar surface area (TPSA) is 221 Å². The third-order valence-electron chi connectivity index (χ3n) is 7.10. The summed E-state index contributed by atoms with van der Waals surface area (Å²) in [4.78, 5) is 22.1. The number of fused-ring (bicyclic) bond motifs is 1. The van der Waals surface area contributed by atoms with Crippen LogP contribution < -0.4 is 27.4 Å². The average molecular weight is 791 g/mol.